The summed E-state index contributed by atoms with van der Waals surface area (Å²) >= 11 is 0. The van der Waals surface area contributed by atoms with Gasteiger partial charge in [-0.3, -0.25) is 4.90 Å². The van der Waals surface area contributed by atoms with Crippen LogP contribution in [0.1, 0.15) is 102 Å². The molecule has 0 bridgehead atoms. The monoisotopic (exact) mass is 817 g/mol. The van der Waals surface area contributed by atoms with E-state index in [1.165, 1.54) is 0 Å². The summed E-state index contributed by atoms with van der Waals surface area (Å²) in [7, 11) is 0. The van der Waals surface area contributed by atoms with E-state index < -0.39 is 36.2 Å². The lowest BCUT2D eigenvalue weighted by Gasteiger charge is -2.59. The van der Waals surface area contributed by atoms with Gasteiger partial charge in [0.05, 0.1) is 24.8 Å². The lowest BCUT2D eigenvalue weighted by Crippen LogP contribution is -2.70. The Hall–Kier alpha value is -4.43. The van der Waals surface area contributed by atoms with E-state index in [0.29, 0.717) is 62.6 Å². The SMILES string of the molecule is C=CCOC12Oc3ccc(OC(=O)NCC)cc3C3C(CCCCO)C(CCCCO)C=C(C(=NOC4CCCCO4)CC1N(CCC)C(=O)OCc1ccccc1)C32. The minimum absolute atomic E-state index is 0.00956. The molecule has 4 aliphatic rings. The molecule has 2 heterocycles. The average molecular weight is 818 g/mol. The first-order valence-corrected chi connectivity index (χ1v) is 21.7. The molecule has 3 N–H and O–H groups in total. The number of benzene rings is 2. The Morgan fingerprint density at radius 2 is 1.85 bits per heavy atom. The molecule has 2 aliphatic heterocycles. The summed E-state index contributed by atoms with van der Waals surface area (Å²) < 4.78 is 32.1. The lowest BCUT2D eigenvalue weighted by atomic mass is 9.55. The molecule has 6 rings (SSSR count). The molecule has 0 radical (unpaired) electrons. The van der Waals surface area contributed by atoms with Gasteiger partial charge in [0.2, 0.25) is 12.1 Å². The zero-order valence-electron chi connectivity index (χ0n) is 34.7. The Labute approximate surface area is 348 Å². The van der Waals surface area contributed by atoms with Gasteiger partial charge >= 0.3 is 12.2 Å². The Bertz CT molecular complexity index is 1750. The van der Waals surface area contributed by atoms with Crippen molar-refractivity contribution in [1.29, 1.82) is 0 Å². The Morgan fingerprint density at radius 3 is 2.56 bits per heavy atom. The largest absolute Gasteiger partial charge is 0.459 e. The number of aliphatic hydroxyl groups is 2. The van der Waals surface area contributed by atoms with Crippen LogP contribution < -0.4 is 14.8 Å². The van der Waals surface area contributed by atoms with Crippen LogP contribution in [0, 0.1) is 17.8 Å². The van der Waals surface area contributed by atoms with Crippen LogP contribution in [0.2, 0.25) is 0 Å². The van der Waals surface area contributed by atoms with Gasteiger partial charge in [-0.15, -0.1) is 6.58 Å². The van der Waals surface area contributed by atoms with Gasteiger partial charge in [0.15, 0.2) is 0 Å². The number of ether oxygens (including phenoxy) is 5. The first-order valence-electron chi connectivity index (χ1n) is 21.7. The number of unbranched alkanes of at least 4 members (excludes halogenated alkanes) is 2. The second-order valence-corrected chi connectivity index (χ2v) is 15.8. The summed E-state index contributed by atoms with van der Waals surface area (Å²) in [6.07, 6.45) is 10.4. The Balaban J connectivity index is 1.55. The molecular formula is C46H63N3O10. The number of allylic oxidation sites excluding steroid dienone is 1. The molecule has 59 heavy (non-hydrogen) atoms. The zero-order chi connectivity index (χ0) is 41.6. The number of aliphatic hydroxyl groups excluding tert-OH is 2. The molecule has 1 saturated heterocycles. The third kappa shape index (κ3) is 10.5. The fourth-order valence-electron chi connectivity index (χ4n) is 9.33. The number of oxime groups is 1. The van der Waals surface area contributed by atoms with Crippen molar-refractivity contribution in [3.63, 3.8) is 0 Å². The number of hydrogen-bond donors (Lipinski definition) is 3. The highest BCUT2D eigenvalue weighted by Gasteiger charge is 2.65. The van der Waals surface area contributed by atoms with E-state index in [4.69, 9.17) is 33.7 Å². The van der Waals surface area contributed by atoms with E-state index in [-0.39, 0.29) is 50.6 Å². The fourth-order valence-corrected chi connectivity index (χ4v) is 9.33. The van der Waals surface area contributed by atoms with Crippen molar-refractivity contribution in [2.45, 2.75) is 115 Å². The Morgan fingerprint density at radius 1 is 1.05 bits per heavy atom. The van der Waals surface area contributed by atoms with Gasteiger partial charge in [-0.1, -0.05) is 67.4 Å². The standard InChI is InChI=1S/C46H63N3O10/c1-4-23-49(45(53)55-31-32-16-8-7-9-17-32)40-30-38(48-59-41-20-12-15-27-54-41)36-28-33(18-10-13-24-50)35(19-11-14-25-51)42-37-29-34(57-44(52)47-6-3)21-22-39(37)58-46(40,43(36)42)56-26-5-2/h5,7-9,16-17,21-22,28-29,33,35,40-43,50-51H,2,4,6,10-15,18-20,23-27,30-31H2,1,3H3,(H,47,52). The Kier molecular flexibility index (Phi) is 16.2. The van der Waals surface area contributed by atoms with Crippen LogP contribution in [0.15, 0.2) is 78.0 Å². The number of amides is 2. The summed E-state index contributed by atoms with van der Waals surface area (Å²) in [5.74, 6) is -1.24. The van der Waals surface area contributed by atoms with Gasteiger partial charge in [0.1, 0.15) is 24.1 Å². The highest BCUT2D eigenvalue weighted by molar-refractivity contribution is 6.03. The summed E-state index contributed by atoms with van der Waals surface area (Å²) in [5, 5.41) is 27.4. The van der Waals surface area contributed by atoms with E-state index in [9.17, 15) is 19.8 Å². The topological polar surface area (TPSA) is 158 Å². The third-order valence-corrected chi connectivity index (χ3v) is 11.9. The van der Waals surface area contributed by atoms with Crippen molar-refractivity contribution in [2.24, 2.45) is 22.9 Å². The van der Waals surface area contributed by atoms with E-state index in [2.05, 4.69) is 18.0 Å². The van der Waals surface area contributed by atoms with E-state index in [1.54, 1.807) is 17.0 Å². The zero-order valence-corrected chi connectivity index (χ0v) is 34.7. The number of carbonyl (C=O) groups is 2. The van der Waals surface area contributed by atoms with Crippen molar-refractivity contribution in [1.82, 2.24) is 10.2 Å². The number of rotatable bonds is 20. The smallest absolute Gasteiger partial charge is 0.412 e. The van der Waals surface area contributed by atoms with Crippen molar-refractivity contribution < 1.29 is 48.3 Å². The van der Waals surface area contributed by atoms with Crippen LogP contribution in [-0.2, 0) is 25.7 Å². The molecular weight excluding hydrogens is 755 g/mol. The summed E-state index contributed by atoms with van der Waals surface area (Å²) in [4.78, 5) is 35.2. The molecule has 0 spiro atoms. The van der Waals surface area contributed by atoms with Crippen LogP contribution in [0.25, 0.3) is 0 Å². The first-order chi connectivity index (χ1) is 28.9. The van der Waals surface area contributed by atoms with Gasteiger partial charge < -0.3 is 44.1 Å². The molecule has 0 aromatic heterocycles. The molecule has 2 aromatic carbocycles. The van der Waals surface area contributed by atoms with Crippen molar-refractivity contribution in [2.75, 3.05) is 39.5 Å². The number of hydrogen-bond acceptors (Lipinski definition) is 11. The van der Waals surface area contributed by atoms with Gasteiger partial charge in [0.25, 0.3) is 0 Å². The van der Waals surface area contributed by atoms with Gasteiger partial charge in [-0.05, 0) is 93.0 Å². The molecule has 1 saturated carbocycles. The average Bonchev–Trinajstić information content (AvgIpc) is 3.25. The highest BCUT2D eigenvalue weighted by atomic mass is 16.8. The molecule has 7 atom stereocenters. The summed E-state index contributed by atoms with van der Waals surface area (Å²) in [6, 6.07) is 14.3. The molecule has 2 aliphatic carbocycles. The summed E-state index contributed by atoms with van der Waals surface area (Å²) in [6.45, 7) is 9.62. The maximum Gasteiger partial charge on any atom is 0.412 e. The minimum atomic E-state index is -1.44. The van der Waals surface area contributed by atoms with E-state index in [0.717, 1.165) is 55.2 Å². The number of fused-ring (bicyclic) bond motifs is 2. The normalized spacial score (nSPS) is 26.4. The van der Waals surface area contributed by atoms with Crippen LogP contribution in [0.5, 0.6) is 11.5 Å². The quantitative estimate of drug-likeness (QED) is 0.0680. The second kappa shape index (κ2) is 21.7. The highest BCUT2D eigenvalue weighted by Crippen LogP contribution is 2.62. The number of nitrogens with one attached hydrogen (secondary N) is 1. The maximum atomic E-state index is 14.5. The fraction of sp³-hybridized carbons (Fsp3) is 0.587. The van der Waals surface area contributed by atoms with Crippen LogP contribution >= 0.6 is 0 Å². The van der Waals surface area contributed by atoms with Crippen molar-refractivity contribution in [3.8, 4) is 11.5 Å². The molecule has 2 aromatic rings. The van der Waals surface area contributed by atoms with E-state index >= 15 is 0 Å². The molecule has 13 heteroatoms. The molecule has 2 amide bonds. The van der Waals surface area contributed by atoms with Crippen LogP contribution in [0.3, 0.4) is 0 Å². The second-order valence-electron chi connectivity index (χ2n) is 15.8. The summed E-state index contributed by atoms with van der Waals surface area (Å²) in [5.41, 5.74) is 3.31. The molecule has 13 nitrogen and oxygen atoms in total. The minimum Gasteiger partial charge on any atom is -0.459 e. The third-order valence-electron chi connectivity index (χ3n) is 11.9. The van der Waals surface area contributed by atoms with Crippen molar-refractivity contribution >= 4 is 17.9 Å². The van der Waals surface area contributed by atoms with Gasteiger partial charge in [-0.25, -0.2) is 9.59 Å². The van der Waals surface area contributed by atoms with Gasteiger partial charge in [-0.2, -0.15) is 0 Å². The lowest BCUT2D eigenvalue weighted by molar-refractivity contribution is -0.255. The van der Waals surface area contributed by atoms with Crippen LogP contribution in [0.4, 0.5) is 9.59 Å². The molecule has 2 fully saturated rings. The predicted octanol–water partition coefficient (Wildman–Crippen LogP) is 8.00. The van der Waals surface area contributed by atoms with E-state index in [1.807, 2.05) is 56.3 Å². The first kappa shape index (κ1) is 44.1. The van der Waals surface area contributed by atoms with Crippen LogP contribution in [-0.4, -0.2) is 90.6 Å². The van der Waals surface area contributed by atoms with Crippen molar-refractivity contribution in [3.05, 3.63) is 84.0 Å². The number of carbonyl (C=O) groups excluding carboxylic acids is 2. The molecule has 322 valence electrons. The van der Waals surface area contributed by atoms with Gasteiger partial charge in [0, 0.05) is 50.6 Å². The predicted molar refractivity (Wildman–Crippen MR) is 223 cm³/mol. The molecule has 7 unspecified atom stereocenters. The maximum absolute atomic E-state index is 14.5. The number of nitrogens with zero attached hydrogens (tertiary/aromatic N) is 2.